The predicted octanol–water partition coefficient (Wildman–Crippen LogP) is 1.85. The molecule has 0 atom stereocenters. The zero-order valence-corrected chi connectivity index (χ0v) is 15.4. The smallest absolute Gasteiger partial charge is 0.321 e. The average molecular weight is 378 g/mol. The highest BCUT2D eigenvalue weighted by Crippen LogP contribution is 2.18. The molecule has 8 nitrogen and oxygen atoms in total. The second-order valence-electron chi connectivity index (χ2n) is 6.81. The Morgan fingerprint density at radius 3 is 2.57 bits per heavy atom. The van der Waals surface area contributed by atoms with Crippen LogP contribution in [0.4, 0.5) is 16.2 Å². The van der Waals surface area contributed by atoms with Crippen LogP contribution in [0.5, 0.6) is 0 Å². The third kappa shape index (κ3) is 3.81. The summed E-state index contributed by atoms with van der Waals surface area (Å²) < 4.78 is 0. The van der Waals surface area contributed by atoms with E-state index >= 15 is 0 Å². The topological polar surface area (TPSA) is 107 Å². The maximum absolute atomic E-state index is 12.5. The largest absolute Gasteiger partial charge is 0.397 e. The van der Waals surface area contributed by atoms with Crippen molar-refractivity contribution in [1.82, 2.24) is 19.8 Å². The van der Waals surface area contributed by atoms with E-state index in [2.05, 4.69) is 20.2 Å². The summed E-state index contributed by atoms with van der Waals surface area (Å²) in [7, 11) is 0. The van der Waals surface area contributed by atoms with Crippen LogP contribution in [0.1, 0.15) is 5.82 Å². The normalized spacial score (nSPS) is 14.9. The zero-order chi connectivity index (χ0) is 19.5. The molecule has 0 saturated carbocycles. The molecule has 0 unspecified atom stereocenters. The molecule has 1 aliphatic heterocycles. The number of aromatic nitrogens is 2. The van der Waals surface area contributed by atoms with Crippen molar-refractivity contribution in [3.05, 3.63) is 64.7 Å². The summed E-state index contributed by atoms with van der Waals surface area (Å²) in [5.41, 5.74) is 7.61. The monoisotopic (exact) mass is 378 g/mol. The fourth-order valence-corrected chi connectivity index (χ4v) is 3.34. The molecule has 2 heterocycles. The summed E-state index contributed by atoms with van der Waals surface area (Å²) >= 11 is 0. The minimum absolute atomic E-state index is 0.126. The van der Waals surface area contributed by atoms with Gasteiger partial charge in [-0.25, -0.2) is 9.78 Å². The molecule has 0 radical (unpaired) electrons. The molecule has 0 aliphatic carbocycles. The number of fused-ring (bicyclic) bond motifs is 1. The molecule has 2 aromatic carbocycles. The zero-order valence-electron chi connectivity index (χ0n) is 15.4. The maximum Gasteiger partial charge on any atom is 0.321 e. The number of piperazine rings is 1. The molecule has 3 aromatic rings. The lowest BCUT2D eigenvalue weighted by Crippen LogP contribution is -2.49. The first-order chi connectivity index (χ1) is 13.6. The average Bonchev–Trinajstić information content (AvgIpc) is 2.70. The van der Waals surface area contributed by atoms with E-state index < -0.39 is 0 Å². The highest BCUT2D eigenvalue weighted by molar-refractivity contribution is 5.92. The molecule has 4 rings (SSSR count). The number of rotatable bonds is 3. The predicted molar refractivity (Wildman–Crippen MR) is 109 cm³/mol. The molecule has 1 saturated heterocycles. The molecular formula is C20H22N6O2. The van der Waals surface area contributed by atoms with Gasteiger partial charge in [0.2, 0.25) is 0 Å². The van der Waals surface area contributed by atoms with E-state index in [4.69, 9.17) is 5.73 Å². The van der Waals surface area contributed by atoms with Crippen molar-refractivity contribution in [2.24, 2.45) is 0 Å². The number of amides is 2. The first-order valence-corrected chi connectivity index (χ1v) is 9.21. The number of urea groups is 1. The van der Waals surface area contributed by atoms with Gasteiger partial charge >= 0.3 is 6.03 Å². The van der Waals surface area contributed by atoms with Crippen LogP contribution in [0.3, 0.4) is 0 Å². The van der Waals surface area contributed by atoms with Crippen molar-refractivity contribution in [3.8, 4) is 0 Å². The van der Waals surface area contributed by atoms with Crippen molar-refractivity contribution >= 4 is 28.3 Å². The number of nitrogens with one attached hydrogen (secondary N) is 2. The molecule has 0 spiro atoms. The lowest BCUT2D eigenvalue weighted by atomic mass is 10.2. The number of benzene rings is 2. The number of carbonyl (C=O) groups is 1. The van der Waals surface area contributed by atoms with Crippen LogP contribution in [0, 0.1) is 0 Å². The number of hydrogen-bond donors (Lipinski definition) is 3. The van der Waals surface area contributed by atoms with Crippen molar-refractivity contribution in [3.63, 3.8) is 0 Å². The number of aromatic amines is 1. The SMILES string of the molecule is Nc1ccccc1NC(=O)N1CCN(Cc2nc3ccccc3c(=O)[nH]2)CC1. The van der Waals surface area contributed by atoms with Crippen molar-refractivity contribution < 1.29 is 4.79 Å². The summed E-state index contributed by atoms with van der Waals surface area (Å²) in [5, 5.41) is 3.45. The molecule has 8 heteroatoms. The van der Waals surface area contributed by atoms with Crippen molar-refractivity contribution in [1.29, 1.82) is 0 Å². The molecule has 2 amide bonds. The Hall–Kier alpha value is -3.39. The quantitative estimate of drug-likeness (QED) is 0.603. The van der Waals surface area contributed by atoms with Crippen LogP contribution in [0.25, 0.3) is 10.9 Å². The summed E-state index contributed by atoms with van der Waals surface area (Å²) in [4.78, 5) is 36.0. The minimum Gasteiger partial charge on any atom is -0.397 e. The molecule has 1 aromatic heterocycles. The first-order valence-electron chi connectivity index (χ1n) is 9.21. The highest BCUT2D eigenvalue weighted by atomic mass is 16.2. The molecule has 1 aliphatic rings. The number of hydrogen-bond acceptors (Lipinski definition) is 5. The number of nitrogens with two attached hydrogens (primary N) is 1. The van der Waals surface area contributed by atoms with Crippen LogP contribution in [-0.2, 0) is 6.54 Å². The van der Waals surface area contributed by atoms with Crippen molar-refractivity contribution in [2.45, 2.75) is 6.54 Å². The second kappa shape index (κ2) is 7.69. The van der Waals surface area contributed by atoms with Crippen LogP contribution in [0.15, 0.2) is 53.3 Å². The Kier molecular flexibility index (Phi) is 4.94. The lowest BCUT2D eigenvalue weighted by molar-refractivity contribution is 0.141. The van der Waals surface area contributed by atoms with E-state index in [9.17, 15) is 9.59 Å². The third-order valence-corrected chi connectivity index (χ3v) is 4.90. The molecule has 144 valence electrons. The van der Waals surface area contributed by atoms with Gasteiger partial charge in [0.1, 0.15) is 5.82 Å². The van der Waals surface area contributed by atoms with E-state index in [1.165, 1.54) is 0 Å². The van der Waals surface area contributed by atoms with Crippen LogP contribution < -0.4 is 16.6 Å². The Morgan fingerprint density at radius 2 is 1.79 bits per heavy atom. The lowest BCUT2D eigenvalue weighted by Gasteiger charge is -2.34. The van der Waals surface area contributed by atoms with Crippen molar-refractivity contribution in [2.75, 3.05) is 37.2 Å². The maximum atomic E-state index is 12.5. The van der Waals surface area contributed by atoms with Gasteiger partial charge in [0, 0.05) is 26.2 Å². The summed E-state index contributed by atoms with van der Waals surface area (Å²) in [6.45, 7) is 3.14. The van der Waals surface area contributed by atoms with E-state index in [0.717, 1.165) is 0 Å². The second-order valence-corrected chi connectivity index (χ2v) is 6.81. The van der Waals surface area contributed by atoms with Gasteiger partial charge in [0.05, 0.1) is 28.8 Å². The number of para-hydroxylation sites is 3. The number of H-pyrrole nitrogens is 1. The van der Waals surface area contributed by atoms with Gasteiger partial charge in [-0.15, -0.1) is 0 Å². The van der Waals surface area contributed by atoms with Gasteiger partial charge in [-0.3, -0.25) is 9.69 Å². The minimum atomic E-state index is -0.158. The van der Waals surface area contributed by atoms with Gasteiger partial charge in [-0.05, 0) is 24.3 Å². The standard InChI is InChI=1S/C20H22N6O2/c21-15-6-2-4-8-17(15)23-20(28)26-11-9-25(10-12-26)13-18-22-16-7-3-1-5-14(16)19(27)24-18/h1-8H,9-13,21H2,(H,23,28)(H,22,24,27). The molecule has 28 heavy (non-hydrogen) atoms. The molecule has 4 N–H and O–H groups in total. The summed E-state index contributed by atoms with van der Waals surface area (Å²) in [5.74, 6) is 0.638. The van der Waals surface area contributed by atoms with E-state index in [1.54, 1.807) is 23.1 Å². The van der Waals surface area contributed by atoms with Gasteiger partial charge in [0.25, 0.3) is 5.56 Å². The fourth-order valence-electron chi connectivity index (χ4n) is 3.34. The summed E-state index contributed by atoms with van der Waals surface area (Å²) in [6.07, 6.45) is 0. The van der Waals surface area contributed by atoms with E-state index in [1.807, 2.05) is 30.3 Å². The Morgan fingerprint density at radius 1 is 1.07 bits per heavy atom. The Labute approximate surface area is 162 Å². The van der Waals surface area contributed by atoms with Gasteiger partial charge in [0.15, 0.2) is 0 Å². The van der Waals surface area contributed by atoms with Gasteiger partial charge < -0.3 is 20.9 Å². The van der Waals surface area contributed by atoms with Crippen LogP contribution >= 0.6 is 0 Å². The fraction of sp³-hybridized carbons (Fsp3) is 0.250. The van der Waals surface area contributed by atoms with Crippen LogP contribution in [-0.4, -0.2) is 52.0 Å². The number of nitrogen functional groups attached to an aromatic ring is 1. The Balaban J connectivity index is 1.36. The highest BCUT2D eigenvalue weighted by Gasteiger charge is 2.22. The third-order valence-electron chi connectivity index (χ3n) is 4.90. The molecule has 1 fully saturated rings. The molecule has 0 bridgehead atoms. The number of carbonyl (C=O) groups excluding carboxylic acids is 1. The Bertz CT molecular complexity index is 1060. The van der Waals surface area contributed by atoms with Gasteiger partial charge in [-0.2, -0.15) is 0 Å². The molecular weight excluding hydrogens is 356 g/mol. The van der Waals surface area contributed by atoms with Gasteiger partial charge in [-0.1, -0.05) is 24.3 Å². The number of nitrogens with zero attached hydrogens (tertiary/aromatic N) is 3. The van der Waals surface area contributed by atoms with E-state index in [-0.39, 0.29) is 11.6 Å². The number of anilines is 2. The van der Waals surface area contributed by atoms with Crippen LogP contribution in [0.2, 0.25) is 0 Å². The first kappa shape index (κ1) is 18.0. The van der Waals surface area contributed by atoms with E-state index in [0.29, 0.717) is 60.8 Å². The summed E-state index contributed by atoms with van der Waals surface area (Å²) in [6, 6.07) is 14.3.